The number of esters is 1. The van der Waals surface area contributed by atoms with Gasteiger partial charge in [0.15, 0.2) is 0 Å². The summed E-state index contributed by atoms with van der Waals surface area (Å²) in [6.45, 7) is 3.36. The quantitative estimate of drug-likeness (QED) is 0.452. The van der Waals surface area contributed by atoms with Crippen LogP contribution >= 0.6 is 11.6 Å². The number of ketones is 1. The summed E-state index contributed by atoms with van der Waals surface area (Å²) in [5.74, 6) is -1.59. The fraction of sp³-hybridized carbons (Fsp3) is 0.273. The molecule has 1 rings (SSSR count). The van der Waals surface area contributed by atoms with E-state index in [1.54, 1.807) is 32.0 Å². The predicted octanol–water partition coefficient (Wildman–Crippen LogP) is 2.47. The first-order chi connectivity index (χ1) is 7.02. The van der Waals surface area contributed by atoms with Crippen molar-refractivity contribution < 1.29 is 14.3 Å². The maximum absolute atomic E-state index is 11.5. The van der Waals surface area contributed by atoms with Crippen LogP contribution in [0.5, 0.6) is 0 Å². The Morgan fingerprint density at radius 1 is 1.27 bits per heavy atom. The molecule has 0 saturated carbocycles. The Hall–Kier alpha value is -1.35. The van der Waals surface area contributed by atoms with Crippen LogP contribution in [0.2, 0.25) is 5.02 Å². The standard InChI is InChI=1S/C11H11ClO3/c1-7(2)15-11(14)10(13)8-5-3-4-6-9(8)12/h3-7H,1-2H3. The lowest BCUT2D eigenvalue weighted by molar-refractivity contribution is -0.141. The Bertz CT molecular complexity index is 385. The summed E-state index contributed by atoms with van der Waals surface area (Å²) in [6.07, 6.45) is -0.316. The average molecular weight is 227 g/mol. The molecule has 0 saturated heterocycles. The number of carbonyl (C=O) groups is 2. The van der Waals surface area contributed by atoms with Crippen LogP contribution in [-0.4, -0.2) is 17.9 Å². The van der Waals surface area contributed by atoms with Crippen molar-refractivity contribution >= 4 is 23.4 Å². The number of hydrogen-bond acceptors (Lipinski definition) is 3. The van der Waals surface area contributed by atoms with Crippen molar-refractivity contribution in [3.63, 3.8) is 0 Å². The van der Waals surface area contributed by atoms with Crippen molar-refractivity contribution in [2.75, 3.05) is 0 Å². The maximum Gasteiger partial charge on any atom is 0.379 e. The van der Waals surface area contributed by atoms with E-state index in [1.165, 1.54) is 6.07 Å². The summed E-state index contributed by atoms with van der Waals surface area (Å²) < 4.78 is 4.77. The first-order valence-electron chi connectivity index (χ1n) is 4.52. The smallest absolute Gasteiger partial charge is 0.379 e. The highest BCUT2D eigenvalue weighted by molar-refractivity contribution is 6.45. The fourth-order valence-corrected chi connectivity index (χ4v) is 1.24. The summed E-state index contributed by atoms with van der Waals surface area (Å²) >= 11 is 5.77. The van der Waals surface area contributed by atoms with E-state index in [1.807, 2.05) is 0 Å². The topological polar surface area (TPSA) is 43.4 Å². The molecular formula is C11H11ClO3. The fourth-order valence-electron chi connectivity index (χ4n) is 1.02. The van der Waals surface area contributed by atoms with Gasteiger partial charge in [0.25, 0.3) is 5.78 Å². The third-order valence-electron chi connectivity index (χ3n) is 1.65. The van der Waals surface area contributed by atoms with Crippen molar-refractivity contribution in [1.82, 2.24) is 0 Å². The van der Waals surface area contributed by atoms with Gasteiger partial charge >= 0.3 is 5.97 Å². The minimum Gasteiger partial charge on any atom is -0.457 e. The van der Waals surface area contributed by atoms with Crippen LogP contribution in [0, 0.1) is 0 Å². The lowest BCUT2D eigenvalue weighted by Gasteiger charge is -2.07. The molecule has 0 heterocycles. The van der Waals surface area contributed by atoms with E-state index in [9.17, 15) is 9.59 Å². The molecule has 0 amide bonds. The molecule has 3 nitrogen and oxygen atoms in total. The number of halogens is 1. The van der Waals surface area contributed by atoms with E-state index in [0.717, 1.165) is 0 Å². The second-order valence-electron chi connectivity index (χ2n) is 3.26. The molecule has 0 aliphatic heterocycles. The van der Waals surface area contributed by atoms with Gasteiger partial charge in [-0.25, -0.2) is 4.79 Å². The highest BCUT2D eigenvalue weighted by atomic mass is 35.5. The van der Waals surface area contributed by atoms with E-state index in [4.69, 9.17) is 16.3 Å². The molecule has 0 spiro atoms. The number of hydrogen-bond donors (Lipinski definition) is 0. The minimum absolute atomic E-state index is 0.171. The van der Waals surface area contributed by atoms with Crippen molar-refractivity contribution in [2.24, 2.45) is 0 Å². The van der Waals surface area contributed by atoms with Gasteiger partial charge in [0.1, 0.15) is 0 Å². The number of carbonyl (C=O) groups excluding carboxylic acids is 2. The van der Waals surface area contributed by atoms with Crippen molar-refractivity contribution in [1.29, 1.82) is 0 Å². The van der Waals surface area contributed by atoms with Crippen LogP contribution < -0.4 is 0 Å². The Labute approximate surface area is 93.0 Å². The molecule has 0 fully saturated rings. The normalized spacial score (nSPS) is 10.1. The first kappa shape index (κ1) is 11.7. The third-order valence-corrected chi connectivity index (χ3v) is 1.98. The molecule has 0 aliphatic carbocycles. The molecule has 80 valence electrons. The van der Waals surface area contributed by atoms with E-state index < -0.39 is 11.8 Å². The number of benzene rings is 1. The summed E-state index contributed by atoms with van der Waals surface area (Å²) in [5, 5.41) is 0.253. The highest BCUT2D eigenvalue weighted by Crippen LogP contribution is 2.16. The lowest BCUT2D eigenvalue weighted by Crippen LogP contribution is -2.21. The zero-order valence-electron chi connectivity index (χ0n) is 8.49. The van der Waals surface area contributed by atoms with Gasteiger partial charge < -0.3 is 4.74 Å². The lowest BCUT2D eigenvalue weighted by atomic mass is 10.1. The zero-order valence-corrected chi connectivity index (χ0v) is 9.25. The minimum atomic E-state index is -0.877. The number of ether oxygens (including phenoxy) is 1. The summed E-state index contributed by atoms with van der Waals surface area (Å²) in [5.41, 5.74) is 0.171. The molecule has 0 bridgehead atoms. The first-order valence-corrected chi connectivity index (χ1v) is 4.90. The second kappa shape index (κ2) is 4.94. The van der Waals surface area contributed by atoms with Gasteiger partial charge in [-0.05, 0) is 26.0 Å². The maximum atomic E-state index is 11.5. The SMILES string of the molecule is CC(C)OC(=O)C(=O)c1ccccc1Cl. The van der Waals surface area contributed by atoms with E-state index in [-0.39, 0.29) is 16.7 Å². The van der Waals surface area contributed by atoms with Gasteiger partial charge in [0.05, 0.1) is 11.1 Å². The van der Waals surface area contributed by atoms with Gasteiger partial charge in [0, 0.05) is 5.56 Å². The Kier molecular flexibility index (Phi) is 3.86. The molecule has 4 heteroatoms. The van der Waals surface area contributed by atoms with Crippen LogP contribution in [0.25, 0.3) is 0 Å². The zero-order chi connectivity index (χ0) is 11.4. The molecule has 0 aliphatic rings. The van der Waals surface area contributed by atoms with Crippen LogP contribution in [0.15, 0.2) is 24.3 Å². The van der Waals surface area contributed by atoms with Gasteiger partial charge in [0.2, 0.25) is 0 Å². The van der Waals surface area contributed by atoms with E-state index in [0.29, 0.717) is 0 Å². The highest BCUT2D eigenvalue weighted by Gasteiger charge is 2.20. The number of Topliss-reactive ketones (excluding diaryl/α,β-unsaturated/α-hetero) is 1. The van der Waals surface area contributed by atoms with Crippen LogP contribution in [0.3, 0.4) is 0 Å². The molecule has 0 N–H and O–H groups in total. The van der Waals surface area contributed by atoms with Gasteiger partial charge in [-0.2, -0.15) is 0 Å². The summed E-state index contributed by atoms with van der Waals surface area (Å²) in [4.78, 5) is 22.8. The van der Waals surface area contributed by atoms with Crippen molar-refractivity contribution in [3.8, 4) is 0 Å². The molecule has 0 atom stereocenters. The van der Waals surface area contributed by atoms with Gasteiger partial charge in [-0.1, -0.05) is 23.7 Å². The molecule has 0 aromatic heterocycles. The largest absolute Gasteiger partial charge is 0.457 e. The molecular weight excluding hydrogens is 216 g/mol. The van der Waals surface area contributed by atoms with Gasteiger partial charge in [-0.3, -0.25) is 4.79 Å². The Balaban J connectivity index is 2.86. The third kappa shape index (κ3) is 3.06. The molecule has 1 aromatic rings. The van der Waals surface area contributed by atoms with E-state index in [2.05, 4.69) is 0 Å². The Morgan fingerprint density at radius 3 is 2.40 bits per heavy atom. The van der Waals surface area contributed by atoms with Crippen LogP contribution in [0.1, 0.15) is 24.2 Å². The number of rotatable bonds is 3. The van der Waals surface area contributed by atoms with Crippen molar-refractivity contribution in [2.45, 2.75) is 20.0 Å². The Morgan fingerprint density at radius 2 is 1.87 bits per heavy atom. The molecule has 0 unspecified atom stereocenters. The van der Waals surface area contributed by atoms with Crippen LogP contribution in [-0.2, 0) is 9.53 Å². The average Bonchev–Trinajstić information content (AvgIpc) is 2.16. The monoisotopic (exact) mass is 226 g/mol. The molecule has 0 radical (unpaired) electrons. The summed E-state index contributed by atoms with van der Waals surface area (Å²) in [6, 6.07) is 6.37. The second-order valence-corrected chi connectivity index (χ2v) is 3.67. The summed E-state index contributed by atoms with van der Waals surface area (Å²) in [7, 11) is 0. The molecule has 1 aromatic carbocycles. The predicted molar refractivity (Wildman–Crippen MR) is 57.0 cm³/mol. The van der Waals surface area contributed by atoms with Crippen molar-refractivity contribution in [3.05, 3.63) is 34.9 Å². The van der Waals surface area contributed by atoms with Gasteiger partial charge in [-0.15, -0.1) is 0 Å². The molecule has 15 heavy (non-hydrogen) atoms. The van der Waals surface area contributed by atoms with Crippen LogP contribution in [0.4, 0.5) is 0 Å². The van der Waals surface area contributed by atoms with E-state index >= 15 is 0 Å².